The van der Waals surface area contributed by atoms with Gasteiger partial charge in [0.25, 0.3) is 0 Å². The second-order valence-corrected chi connectivity index (χ2v) is 16.6. The van der Waals surface area contributed by atoms with Crippen molar-refractivity contribution in [2.45, 2.75) is 136 Å². The molecule has 0 spiro atoms. The van der Waals surface area contributed by atoms with E-state index >= 15 is 0 Å². The number of hydrogen-bond acceptors (Lipinski definition) is 2. The molecule has 2 aliphatic rings. The van der Waals surface area contributed by atoms with E-state index in [1.54, 1.807) is 0 Å². The van der Waals surface area contributed by atoms with Crippen molar-refractivity contribution in [3.63, 3.8) is 0 Å². The van der Waals surface area contributed by atoms with Crippen molar-refractivity contribution in [2.75, 3.05) is 6.61 Å². The maximum Gasteiger partial charge on any atom is 0.126 e. The van der Waals surface area contributed by atoms with Crippen LogP contribution >= 0.6 is 0 Å². The Labute approximate surface area is 178 Å². The number of ether oxygens (including phenoxy) is 1. The Hall–Kier alpha value is 0.137. The van der Waals surface area contributed by atoms with E-state index in [1.165, 1.54) is 63.8 Å². The van der Waals surface area contributed by atoms with Gasteiger partial charge in [-0.15, -0.1) is 0 Å². The zero-order chi connectivity index (χ0) is 21.0. The molecule has 0 aromatic heterocycles. The molecule has 2 saturated carbocycles. The Morgan fingerprint density at radius 1 is 0.929 bits per heavy atom. The summed E-state index contributed by atoms with van der Waals surface area (Å²) < 4.78 is 5.89. The molecule has 5 atom stereocenters. The molecule has 2 rings (SSSR count). The zero-order valence-electron chi connectivity index (χ0n) is 20.5. The maximum absolute atomic E-state index is 5.89. The van der Waals surface area contributed by atoms with Gasteiger partial charge in [-0.2, -0.15) is 0 Å². The molecular weight excluding hydrogens is 358 g/mol. The lowest BCUT2D eigenvalue weighted by molar-refractivity contribution is -0.00471. The SMILES string of the molecule is CC1CC2CCCCC2C1[Si](C)(CCCCCCOC(C)(C)C)NC(C)(C)C. The fourth-order valence-corrected chi connectivity index (χ4v) is 12.7. The van der Waals surface area contributed by atoms with Crippen LogP contribution in [0.5, 0.6) is 0 Å². The molecule has 3 heteroatoms. The summed E-state index contributed by atoms with van der Waals surface area (Å²) in [6.07, 6.45) is 12.8. The molecule has 0 bridgehead atoms. The fourth-order valence-electron chi connectivity index (χ4n) is 6.64. The van der Waals surface area contributed by atoms with Crippen molar-refractivity contribution >= 4 is 8.24 Å². The Kier molecular flexibility index (Phi) is 8.68. The normalized spacial score (nSPS) is 30.9. The highest BCUT2D eigenvalue weighted by molar-refractivity contribution is 6.78. The Morgan fingerprint density at radius 2 is 1.57 bits per heavy atom. The van der Waals surface area contributed by atoms with Gasteiger partial charge in [0.2, 0.25) is 0 Å². The van der Waals surface area contributed by atoms with Crippen LogP contribution in [0.3, 0.4) is 0 Å². The van der Waals surface area contributed by atoms with Gasteiger partial charge in [-0.1, -0.05) is 58.4 Å². The molecule has 2 fully saturated rings. The molecule has 0 amide bonds. The molecule has 0 saturated heterocycles. The van der Waals surface area contributed by atoms with E-state index < -0.39 is 8.24 Å². The van der Waals surface area contributed by atoms with E-state index in [0.29, 0.717) is 0 Å². The van der Waals surface area contributed by atoms with Gasteiger partial charge >= 0.3 is 0 Å². The summed E-state index contributed by atoms with van der Waals surface area (Å²) >= 11 is 0. The molecule has 2 aliphatic carbocycles. The van der Waals surface area contributed by atoms with Gasteiger partial charge in [0.1, 0.15) is 8.24 Å². The van der Waals surface area contributed by atoms with Crippen molar-refractivity contribution in [1.82, 2.24) is 4.98 Å². The van der Waals surface area contributed by atoms with Crippen LogP contribution in [0.25, 0.3) is 0 Å². The molecule has 28 heavy (non-hydrogen) atoms. The average molecular weight is 410 g/mol. The summed E-state index contributed by atoms with van der Waals surface area (Å²) in [6.45, 7) is 19.8. The second-order valence-electron chi connectivity index (χ2n) is 12.4. The number of rotatable bonds is 9. The highest BCUT2D eigenvalue weighted by Crippen LogP contribution is 2.56. The van der Waals surface area contributed by atoms with Gasteiger partial charge < -0.3 is 9.72 Å². The second kappa shape index (κ2) is 9.96. The summed E-state index contributed by atoms with van der Waals surface area (Å²) in [5.41, 5.74) is 1.24. The standard InChI is InChI=1S/C25H51NOSi/c1-20-19-21-15-11-12-16-22(21)23(20)28(8,26-24(2,3)4)18-14-10-9-13-17-27-25(5,6)7/h20-23,26H,9-19H2,1-8H3. The average Bonchev–Trinajstić information content (AvgIpc) is 2.87. The minimum absolute atomic E-state index is 0.0112. The fraction of sp³-hybridized carbons (Fsp3) is 1.00. The number of hydrogen-bond donors (Lipinski definition) is 1. The van der Waals surface area contributed by atoms with Crippen LogP contribution in [0, 0.1) is 17.8 Å². The molecule has 2 nitrogen and oxygen atoms in total. The van der Waals surface area contributed by atoms with Crippen LogP contribution in [0.2, 0.25) is 18.1 Å². The monoisotopic (exact) mass is 409 g/mol. The highest BCUT2D eigenvalue weighted by Gasteiger charge is 2.52. The molecule has 5 unspecified atom stereocenters. The summed E-state index contributed by atoms with van der Waals surface area (Å²) in [7, 11) is -1.50. The minimum atomic E-state index is -1.50. The van der Waals surface area contributed by atoms with Gasteiger partial charge in [-0.05, 0) is 83.7 Å². The largest absolute Gasteiger partial charge is 0.376 e. The van der Waals surface area contributed by atoms with Crippen LogP contribution in [-0.2, 0) is 4.74 Å². The third kappa shape index (κ3) is 7.43. The lowest BCUT2D eigenvalue weighted by Crippen LogP contribution is -2.60. The number of unbranched alkanes of at least 4 members (excludes halogenated alkanes) is 3. The number of fused-ring (bicyclic) bond motifs is 1. The molecule has 0 radical (unpaired) electrons. The quantitative estimate of drug-likeness (QED) is 0.313. The van der Waals surface area contributed by atoms with Gasteiger partial charge in [-0.3, -0.25) is 0 Å². The predicted octanol–water partition coefficient (Wildman–Crippen LogP) is 7.54. The van der Waals surface area contributed by atoms with E-state index in [2.05, 4.69) is 60.0 Å². The van der Waals surface area contributed by atoms with E-state index in [9.17, 15) is 0 Å². The van der Waals surface area contributed by atoms with Crippen LogP contribution in [0.1, 0.15) is 106 Å². The first-order valence-corrected chi connectivity index (χ1v) is 15.1. The van der Waals surface area contributed by atoms with Crippen molar-refractivity contribution in [2.24, 2.45) is 17.8 Å². The molecular formula is C25H51NOSi. The summed E-state index contributed by atoms with van der Waals surface area (Å²) in [6, 6.07) is 1.46. The van der Waals surface area contributed by atoms with Crippen LogP contribution < -0.4 is 4.98 Å². The van der Waals surface area contributed by atoms with E-state index in [4.69, 9.17) is 4.74 Å². The zero-order valence-corrected chi connectivity index (χ0v) is 21.5. The molecule has 0 aromatic carbocycles. The Balaban J connectivity index is 1.91. The first kappa shape index (κ1) is 24.4. The highest BCUT2D eigenvalue weighted by atomic mass is 28.3. The molecule has 166 valence electrons. The third-order valence-corrected chi connectivity index (χ3v) is 12.4. The summed E-state index contributed by atoms with van der Waals surface area (Å²) in [4.78, 5) is 4.27. The predicted molar refractivity (Wildman–Crippen MR) is 126 cm³/mol. The van der Waals surface area contributed by atoms with Gasteiger partial charge in [0, 0.05) is 12.1 Å². The Morgan fingerprint density at radius 3 is 2.21 bits per heavy atom. The van der Waals surface area contributed by atoms with Gasteiger partial charge in [0.15, 0.2) is 0 Å². The first-order valence-electron chi connectivity index (χ1n) is 12.3. The number of nitrogens with one attached hydrogen (secondary N) is 1. The molecule has 0 heterocycles. The lowest BCUT2D eigenvalue weighted by atomic mass is 9.82. The van der Waals surface area contributed by atoms with Crippen LogP contribution in [0.4, 0.5) is 0 Å². The lowest BCUT2D eigenvalue weighted by Gasteiger charge is -2.46. The van der Waals surface area contributed by atoms with E-state index in [0.717, 1.165) is 29.9 Å². The maximum atomic E-state index is 5.89. The smallest absolute Gasteiger partial charge is 0.126 e. The van der Waals surface area contributed by atoms with Crippen LogP contribution in [-0.4, -0.2) is 26.0 Å². The molecule has 0 aromatic rings. The third-order valence-electron chi connectivity index (χ3n) is 7.24. The first-order chi connectivity index (χ1) is 12.9. The van der Waals surface area contributed by atoms with Crippen molar-refractivity contribution in [3.8, 4) is 0 Å². The van der Waals surface area contributed by atoms with Gasteiger partial charge in [0.05, 0.1) is 5.60 Å². The van der Waals surface area contributed by atoms with Crippen molar-refractivity contribution in [1.29, 1.82) is 0 Å². The topological polar surface area (TPSA) is 21.3 Å². The Bertz CT molecular complexity index is 466. The van der Waals surface area contributed by atoms with Crippen LogP contribution in [0.15, 0.2) is 0 Å². The summed E-state index contributed by atoms with van der Waals surface area (Å²) in [5.74, 6) is 2.99. The minimum Gasteiger partial charge on any atom is -0.376 e. The molecule has 0 aliphatic heterocycles. The van der Waals surface area contributed by atoms with Crippen molar-refractivity contribution < 1.29 is 4.74 Å². The molecule has 1 N–H and O–H groups in total. The van der Waals surface area contributed by atoms with Gasteiger partial charge in [-0.25, -0.2) is 0 Å². The van der Waals surface area contributed by atoms with Crippen molar-refractivity contribution in [3.05, 3.63) is 0 Å². The summed E-state index contributed by atoms with van der Waals surface area (Å²) in [5, 5.41) is 0. The van der Waals surface area contributed by atoms with E-state index in [-0.39, 0.29) is 11.1 Å². The van der Waals surface area contributed by atoms with E-state index in [1.807, 2.05) is 0 Å².